The van der Waals surface area contributed by atoms with E-state index in [9.17, 15) is 4.79 Å². The van der Waals surface area contributed by atoms with Crippen molar-refractivity contribution in [3.05, 3.63) is 22.7 Å². The molecule has 0 atom stereocenters. The second kappa shape index (κ2) is 6.41. The number of nitrogens with one attached hydrogen (secondary N) is 1. The van der Waals surface area contributed by atoms with Crippen molar-refractivity contribution in [1.82, 2.24) is 0 Å². The first-order valence-corrected chi connectivity index (χ1v) is 7.01. The molecule has 1 heterocycles. The molecule has 0 bridgehead atoms. The average molecular weight is 334 g/mol. The van der Waals surface area contributed by atoms with Crippen molar-refractivity contribution in [2.24, 2.45) is 0 Å². The smallest absolute Gasteiger partial charge is 0.239 e. The molecule has 1 aromatic rings. The molecular formula is C12H14BrClN2O2. The first kappa shape index (κ1) is 13.6. The number of morpholine rings is 1. The van der Waals surface area contributed by atoms with Crippen LogP contribution < -0.4 is 10.2 Å². The molecule has 1 aliphatic rings. The minimum atomic E-state index is -0.206. The van der Waals surface area contributed by atoms with Crippen molar-refractivity contribution in [2.45, 2.75) is 0 Å². The van der Waals surface area contributed by atoms with E-state index in [1.165, 1.54) is 0 Å². The van der Waals surface area contributed by atoms with E-state index >= 15 is 0 Å². The number of ether oxygens (including phenoxy) is 1. The summed E-state index contributed by atoms with van der Waals surface area (Å²) in [6.07, 6.45) is 0. The van der Waals surface area contributed by atoms with Crippen LogP contribution in [0.2, 0.25) is 0 Å². The number of benzene rings is 1. The van der Waals surface area contributed by atoms with Gasteiger partial charge < -0.3 is 15.0 Å². The fourth-order valence-corrected chi connectivity index (χ4v) is 2.54. The maximum atomic E-state index is 11.2. The van der Waals surface area contributed by atoms with Crippen LogP contribution in [0.4, 0.5) is 11.4 Å². The van der Waals surface area contributed by atoms with Gasteiger partial charge in [0.1, 0.15) is 5.88 Å². The van der Waals surface area contributed by atoms with E-state index in [2.05, 4.69) is 26.1 Å². The van der Waals surface area contributed by atoms with Crippen molar-refractivity contribution in [2.75, 3.05) is 42.4 Å². The first-order chi connectivity index (χ1) is 8.70. The normalized spacial score (nSPS) is 15.6. The summed E-state index contributed by atoms with van der Waals surface area (Å²) in [6.45, 7) is 3.26. The highest BCUT2D eigenvalue weighted by atomic mass is 79.9. The van der Waals surface area contributed by atoms with E-state index in [1.54, 1.807) is 0 Å². The van der Waals surface area contributed by atoms with Gasteiger partial charge in [-0.1, -0.05) is 0 Å². The molecule has 4 nitrogen and oxygen atoms in total. The number of carbonyl (C=O) groups excluding carboxylic acids is 1. The van der Waals surface area contributed by atoms with Crippen LogP contribution in [0, 0.1) is 0 Å². The third-order valence-electron chi connectivity index (χ3n) is 2.70. The summed E-state index contributed by atoms with van der Waals surface area (Å²) in [7, 11) is 0. The van der Waals surface area contributed by atoms with Crippen LogP contribution >= 0.6 is 27.5 Å². The lowest BCUT2D eigenvalue weighted by atomic mass is 10.2. The van der Waals surface area contributed by atoms with Gasteiger partial charge in [0.15, 0.2) is 0 Å². The van der Waals surface area contributed by atoms with Crippen molar-refractivity contribution >= 4 is 44.8 Å². The standard InChI is InChI=1S/C12H14BrClN2O2/c13-10-7-9(15-12(17)8-14)1-2-11(10)16-3-5-18-6-4-16/h1-2,7H,3-6,8H2,(H,15,17). The van der Waals surface area contributed by atoms with Gasteiger partial charge in [0.2, 0.25) is 5.91 Å². The van der Waals surface area contributed by atoms with Crippen LogP contribution in [0.5, 0.6) is 0 Å². The lowest BCUT2D eigenvalue weighted by Crippen LogP contribution is -2.36. The summed E-state index contributed by atoms with van der Waals surface area (Å²) < 4.78 is 6.28. The number of amides is 1. The van der Waals surface area contributed by atoms with Crippen LogP contribution in [0.1, 0.15) is 0 Å². The molecule has 1 amide bonds. The Hall–Kier alpha value is -0.780. The van der Waals surface area contributed by atoms with Crippen LogP contribution in [-0.4, -0.2) is 38.1 Å². The monoisotopic (exact) mass is 332 g/mol. The predicted octanol–water partition coefficient (Wildman–Crippen LogP) is 2.46. The molecule has 1 aromatic carbocycles. The maximum absolute atomic E-state index is 11.2. The van der Waals surface area contributed by atoms with Gasteiger partial charge in [-0.25, -0.2) is 0 Å². The van der Waals surface area contributed by atoms with Crippen molar-refractivity contribution < 1.29 is 9.53 Å². The van der Waals surface area contributed by atoms with E-state index in [0.29, 0.717) is 0 Å². The Balaban J connectivity index is 2.11. The maximum Gasteiger partial charge on any atom is 0.239 e. The van der Waals surface area contributed by atoms with E-state index in [-0.39, 0.29) is 11.8 Å². The quantitative estimate of drug-likeness (QED) is 0.864. The van der Waals surface area contributed by atoms with Gasteiger partial charge in [-0.3, -0.25) is 4.79 Å². The molecular weight excluding hydrogens is 320 g/mol. The van der Waals surface area contributed by atoms with Crippen molar-refractivity contribution in [1.29, 1.82) is 0 Å². The van der Waals surface area contributed by atoms with Gasteiger partial charge in [0, 0.05) is 23.2 Å². The molecule has 18 heavy (non-hydrogen) atoms. The summed E-state index contributed by atoms with van der Waals surface area (Å²) in [5.41, 5.74) is 1.85. The van der Waals surface area contributed by atoms with E-state index in [0.717, 1.165) is 42.2 Å². The molecule has 6 heteroatoms. The molecule has 1 aliphatic heterocycles. The van der Waals surface area contributed by atoms with Gasteiger partial charge in [-0.05, 0) is 34.1 Å². The average Bonchev–Trinajstić information content (AvgIpc) is 2.40. The molecule has 0 unspecified atom stereocenters. The fraction of sp³-hybridized carbons (Fsp3) is 0.417. The van der Waals surface area contributed by atoms with Crippen LogP contribution in [-0.2, 0) is 9.53 Å². The molecule has 0 radical (unpaired) electrons. The lowest BCUT2D eigenvalue weighted by Gasteiger charge is -2.29. The summed E-state index contributed by atoms with van der Waals surface area (Å²) in [5, 5.41) is 2.72. The zero-order valence-corrected chi connectivity index (χ0v) is 12.1. The van der Waals surface area contributed by atoms with Crippen LogP contribution in [0.3, 0.4) is 0 Å². The predicted molar refractivity (Wildman–Crippen MR) is 76.5 cm³/mol. The zero-order chi connectivity index (χ0) is 13.0. The molecule has 98 valence electrons. The Bertz CT molecular complexity index is 436. The van der Waals surface area contributed by atoms with Crippen LogP contribution in [0.15, 0.2) is 22.7 Å². The third kappa shape index (κ3) is 3.37. The Morgan fingerprint density at radius 3 is 2.78 bits per heavy atom. The number of halogens is 2. The Morgan fingerprint density at radius 2 is 2.17 bits per heavy atom. The lowest BCUT2D eigenvalue weighted by molar-refractivity contribution is -0.113. The molecule has 0 aliphatic carbocycles. The largest absolute Gasteiger partial charge is 0.378 e. The van der Waals surface area contributed by atoms with E-state index in [1.807, 2.05) is 18.2 Å². The van der Waals surface area contributed by atoms with Gasteiger partial charge in [-0.15, -0.1) is 11.6 Å². The van der Waals surface area contributed by atoms with Gasteiger partial charge >= 0.3 is 0 Å². The topological polar surface area (TPSA) is 41.6 Å². The highest BCUT2D eigenvalue weighted by Gasteiger charge is 2.14. The van der Waals surface area contributed by atoms with Crippen molar-refractivity contribution in [3.8, 4) is 0 Å². The SMILES string of the molecule is O=C(CCl)Nc1ccc(N2CCOCC2)c(Br)c1. The Morgan fingerprint density at radius 1 is 1.44 bits per heavy atom. The highest BCUT2D eigenvalue weighted by Crippen LogP contribution is 2.29. The van der Waals surface area contributed by atoms with E-state index in [4.69, 9.17) is 16.3 Å². The molecule has 0 aromatic heterocycles. The summed E-state index contributed by atoms with van der Waals surface area (Å²) >= 11 is 8.98. The minimum Gasteiger partial charge on any atom is -0.378 e. The third-order valence-corrected chi connectivity index (χ3v) is 3.58. The molecule has 1 fully saturated rings. The number of alkyl halides is 1. The summed E-state index contributed by atoms with van der Waals surface area (Å²) in [5.74, 6) is -0.245. The highest BCUT2D eigenvalue weighted by molar-refractivity contribution is 9.10. The first-order valence-electron chi connectivity index (χ1n) is 5.69. The van der Waals surface area contributed by atoms with E-state index < -0.39 is 0 Å². The van der Waals surface area contributed by atoms with Gasteiger partial charge in [0.25, 0.3) is 0 Å². The molecule has 0 spiro atoms. The number of rotatable bonds is 3. The summed E-state index contributed by atoms with van der Waals surface area (Å²) in [6, 6.07) is 5.74. The molecule has 2 rings (SSSR count). The summed E-state index contributed by atoms with van der Waals surface area (Å²) in [4.78, 5) is 13.4. The second-order valence-electron chi connectivity index (χ2n) is 3.95. The number of carbonyl (C=O) groups is 1. The molecule has 1 saturated heterocycles. The van der Waals surface area contributed by atoms with Crippen LogP contribution in [0.25, 0.3) is 0 Å². The zero-order valence-electron chi connectivity index (χ0n) is 9.79. The number of hydrogen-bond donors (Lipinski definition) is 1. The Labute approximate surface area is 119 Å². The minimum absolute atomic E-state index is 0.0389. The fourth-order valence-electron chi connectivity index (χ4n) is 1.84. The van der Waals surface area contributed by atoms with Gasteiger partial charge in [-0.2, -0.15) is 0 Å². The number of anilines is 2. The van der Waals surface area contributed by atoms with Crippen molar-refractivity contribution in [3.63, 3.8) is 0 Å². The Kier molecular flexibility index (Phi) is 4.86. The second-order valence-corrected chi connectivity index (χ2v) is 5.07. The van der Waals surface area contributed by atoms with Gasteiger partial charge in [0.05, 0.1) is 18.9 Å². The number of nitrogens with zero attached hydrogens (tertiary/aromatic N) is 1. The number of hydrogen-bond acceptors (Lipinski definition) is 3. The molecule has 1 N–H and O–H groups in total. The molecule has 0 saturated carbocycles.